The Kier molecular flexibility index (Phi) is 4.78. The number of benzene rings is 2. The van der Waals surface area contributed by atoms with Crippen molar-refractivity contribution in [1.29, 1.82) is 0 Å². The van der Waals surface area contributed by atoms with E-state index in [-0.39, 0.29) is 21.8 Å². The molecule has 0 N–H and O–H groups in total. The van der Waals surface area contributed by atoms with Gasteiger partial charge in [-0.3, -0.25) is 4.79 Å². The predicted octanol–water partition coefficient (Wildman–Crippen LogP) is 4.03. The molecule has 26 heavy (non-hydrogen) atoms. The Morgan fingerprint density at radius 3 is 2.42 bits per heavy atom. The van der Waals surface area contributed by atoms with Gasteiger partial charge in [0.25, 0.3) is 10.0 Å². The lowest BCUT2D eigenvalue weighted by molar-refractivity contribution is 0.598. The van der Waals surface area contributed by atoms with Gasteiger partial charge in [0, 0.05) is 0 Å². The highest BCUT2D eigenvalue weighted by Gasteiger charge is 2.13. The Labute approximate surface area is 152 Å². The molecule has 0 aliphatic heterocycles. The molecule has 2 aromatic carbocycles. The van der Waals surface area contributed by atoms with Crippen LogP contribution in [0.5, 0.6) is 0 Å². The van der Waals surface area contributed by atoms with Crippen LogP contribution < -0.4 is 5.43 Å². The van der Waals surface area contributed by atoms with Gasteiger partial charge in [0.15, 0.2) is 0 Å². The van der Waals surface area contributed by atoms with Gasteiger partial charge in [-0.25, -0.2) is 0 Å². The molecule has 0 saturated heterocycles. The van der Waals surface area contributed by atoms with Crippen LogP contribution in [0.4, 0.5) is 0 Å². The van der Waals surface area contributed by atoms with Gasteiger partial charge in [0.05, 0.1) is 22.1 Å². The summed E-state index contributed by atoms with van der Waals surface area (Å²) in [7, 11) is -3.88. The van der Waals surface area contributed by atoms with E-state index in [9.17, 15) is 13.2 Å². The van der Waals surface area contributed by atoms with Gasteiger partial charge >= 0.3 is 0 Å². The van der Waals surface area contributed by atoms with Crippen molar-refractivity contribution < 1.29 is 12.8 Å². The summed E-state index contributed by atoms with van der Waals surface area (Å²) < 4.78 is 33.7. The van der Waals surface area contributed by atoms with E-state index in [1.807, 2.05) is 26.8 Å². The first-order chi connectivity index (χ1) is 12.3. The van der Waals surface area contributed by atoms with Crippen molar-refractivity contribution in [2.75, 3.05) is 0 Å². The molecule has 0 fully saturated rings. The summed E-state index contributed by atoms with van der Waals surface area (Å²) >= 11 is 0. The second kappa shape index (κ2) is 6.88. The minimum atomic E-state index is -3.88. The fourth-order valence-electron chi connectivity index (χ4n) is 2.51. The third-order valence-electron chi connectivity index (χ3n) is 4.14. The maximum atomic E-state index is 12.7. The zero-order valence-electron chi connectivity index (χ0n) is 14.8. The minimum absolute atomic E-state index is 0.0756. The van der Waals surface area contributed by atoms with Gasteiger partial charge in [-0.15, -0.1) is 0 Å². The monoisotopic (exact) mass is 369 g/mol. The van der Waals surface area contributed by atoms with Crippen molar-refractivity contribution in [3.8, 4) is 0 Å². The Balaban J connectivity index is 2.03. The van der Waals surface area contributed by atoms with Crippen molar-refractivity contribution in [1.82, 2.24) is 0 Å². The molecular weight excluding hydrogens is 350 g/mol. The molecule has 0 aliphatic rings. The minimum Gasteiger partial charge on any atom is -0.463 e. The molecule has 0 atom stereocenters. The van der Waals surface area contributed by atoms with Crippen LogP contribution in [0.1, 0.15) is 36.5 Å². The van der Waals surface area contributed by atoms with Crippen LogP contribution in [-0.4, -0.2) is 14.6 Å². The summed E-state index contributed by atoms with van der Waals surface area (Å²) in [4.78, 5) is 12.7. The maximum absolute atomic E-state index is 12.7. The highest BCUT2D eigenvalue weighted by molar-refractivity contribution is 7.90. The molecule has 0 bridgehead atoms. The van der Waals surface area contributed by atoms with Crippen molar-refractivity contribution in [3.05, 3.63) is 75.6 Å². The van der Waals surface area contributed by atoms with Crippen LogP contribution in [0.2, 0.25) is 0 Å². The number of aryl methyl sites for hydroxylation is 1. The smallest absolute Gasteiger partial charge is 0.282 e. The third-order valence-corrected chi connectivity index (χ3v) is 5.39. The average molecular weight is 369 g/mol. The molecule has 1 heterocycles. The lowest BCUT2D eigenvalue weighted by Crippen LogP contribution is -2.09. The summed E-state index contributed by atoms with van der Waals surface area (Å²) in [6.45, 7) is 5.93. The van der Waals surface area contributed by atoms with Crippen LogP contribution in [0, 0.1) is 6.92 Å². The molecule has 3 aromatic rings. The first-order valence-corrected chi connectivity index (χ1v) is 9.64. The molecule has 0 spiro atoms. The van der Waals surface area contributed by atoms with Crippen molar-refractivity contribution in [2.45, 2.75) is 31.6 Å². The standard InChI is InChI=1S/C20H19NO4S/c1-13(2)15-6-9-19-18(10-15)20(22)16(12-25-19)11-21-26(23,24)17-7-4-14(3)5-8-17/h4-13H,1-3H3/b21-11+. The summed E-state index contributed by atoms with van der Waals surface area (Å²) in [5.41, 5.74) is 2.19. The Morgan fingerprint density at radius 1 is 1.08 bits per heavy atom. The van der Waals surface area contributed by atoms with Crippen LogP contribution in [-0.2, 0) is 10.0 Å². The number of hydrogen-bond acceptors (Lipinski definition) is 4. The molecule has 0 radical (unpaired) electrons. The normalized spacial score (nSPS) is 12.3. The molecule has 0 unspecified atom stereocenters. The van der Waals surface area contributed by atoms with Gasteiger partial charge in [-0.2, -0.15) is 12.8 Å². The van der Waals surface area contributed by atoms with Gasteiger partial charge < -0.3 is 4.42 Å². The van der Waals surface area contributed by atoms with E-state index < -0.39 is 10.0 Å². The molecule has 5 nitrogen and oxygen atoms in total. The van der Waals surface area contributed by atoms with E-state index in [1.165, 1.54) is 18.4 Å². The van der Waals surface area contributed by atoms with E-state index in [2.05, 4.69) is 4.40 Å². The van der Waals surface area contributed by atoms with Crippen molar-refractivity contribution in [2.24, 2.45) is 4.40 Å². The fraction of sp³-hybridized carbons (Fsp3) is 0.200. The van der Waals surface area contributed by atoms with E-state index in [1.54, 1.807) is 24.3 Å². The largest absolute Gasteiger partial charge is 0.463 e. The first-order valence-electron chi connectivity index (χ1n) is 8.20. The van der Waals surface area contributed by atoms with E-state index in [4.69, 9.17) is 4.42 Å². The topological polar surface area (TPSA) is 76.7 Å². The summed E-state index contributed by atoms with van der Waals surface area (Å²) in [5, 5.41) is 0.410. The number of fused-ring (bicyclic) bond motifs is 1. The van der Waals surface area contributed by atoms with Crippen LogP contribution in [0.25, 0.3) is 11.0 Å². The molecule has 0 aliphatic carbocycles. The predicted molar refractivity (Wildman–Crippen MR) is 103 cm³/mol. The first kappa shape index (κ1) is 18.1. The number of hydrogen-bond donors (Lipinski definition) is 0. The van der Waals surface area contributed by atoms with Crippen LogP contribution >= 0.6 is 0 Å². The Morgan fingerprint density at radius 2 is 1.77 bits per heavy atom. The number of nitrogens with zero attached hydrogens (tertiary/aromatic N) is 1. The van der Waals surface area contributed by atoms with E-state index >= 15 is 0 Å². The quantitative estimate of drug-likeness (QED) is 0.651. The molecule has 134 valence electrons. The second-order valence-electron chi connectivity index (χ2n) is 6.45. The molecular formula is C20H19NO4S. The van der Waals surface area contributed by atoms with Crippen LogP contribution in [0.15, 0.2) is 67.2 Å². The lowest BCUT2D eigenvalue weighted by atomic mass is 10.0. The fourth-order valence-corrected chi connectivity index (χ4v) is 3.36. The molecule has 6 heteroatoms. The maximum Gasteiger partial charge on any atom is 0.282 e. The molecule has 3 rings (SSSR count). The second-order valence-corrected chi connectivity index (χ2v) is 8.09. The highest BCUT2D eigenvalue weighted by Crippen LogP contribution is 2.20. The third kappa shape index (κ3) is 3.60. The summed E-state index contributed by atoms with van der Waals surface area (Å²) in [6.07, 6.45) is 2.27. The van der Waals surface area contributed by atoms with Crippen molar-refractivity contribution in [3.63, 3.8) is 0 Å². The van der Waals surface area contributed by atoms with Crippen LogP contribution in [0.3, 0.4) is 0 Å². The van der Waals surface area contributed by atoms with E-state index in [0.717, 1.165) is 17.3 Å². The zero-order chi connectivity index (χ0) is 18.9. The SMILES string of the molecule is Cc1ccc(S(=O)(=O)/N=C/c2coc3ccc(C(C)C)cc3c2=O)cc1. The number of rotatable bonds is 4. The van der Waals surface area contributed by atoms with Gasteiger partial charge in [-0.05, 0) is 42.7 Å². The van der Waals surface area contributed by atoms with Gasteiger partial charge in [0.1, 0.15) is 11.8 Å². The zero-order valence-corrected chi connectivity index (χ0v) is 15.6. The van der Waals surface area contributed by atoms with E-state index in [0.29, 0.717) is 11.0 Å². The summed E-state index contributed by atoms with van der Waals surface area (Å²) in [5.74, 6) is 0.262. The molecule has 0 amide bonds. The molecule has 1 aromatic heterocycles. The average Bonchev–Trinajstić information content (AvgIpc) is 2.61. The Bertz CT molecular complexity index is 1140. The van der Waals surface area contributed by atoms with Gasteiger partial charge in [-0.1, -0.05) is 37.6 Å². The van der Waals surface area contributed by atoms with Gasteiger partial charge in [0.2, 0.25) is 5.43 Å². The highest BCUT2D eigenvalue weighted by atomic mass is 32.2. The lowest BCUT2D eigenvalue weighted by Gasteiger charge is -2.06. The molecule has 0 saturated carbocycles. The Hall–Kier alpha value is -2.73. The summed E-state index contributed by atoms with van der Waals surface area (Å²) in [6, 6.07) is 11.8. The number of sulfonamides is 1. The van der Waals surface area contributed by atoms with Crippen molar-refractivity contribution >= 4 is 27.2 Å².